The average molecular weight is 338 g/mol. The number of aryl methyl sites for hydroxylation is 2. The Morgan fingerprint density at radius 3 is 2.91 bits per heavy atom. The van der Waals surface area contributed by atoms with Gasteiger partial charge in [-0.1, -0.05) is 11.6 Å². The Kier molecular flexibility index (Phi) is 4.37. The van der Waals surface area contributed by atoms with Gasteiger partial charge in [0.25, 0.3) is 5.91 Å². The number of ether oxygens (including phenoxy) is 1. The van der Waals surface area contributed by atoms with E-state index in [-0.39, 0.29) is 17.0 Å². The molecule has 3 rings (SSSR count). The SMILES string of the molecule is Cc1cn(C)c(C2CN(C(=O)c3ccc(F)c(Cl)c3)CCO2)n1. The molecular formula is C16H17ClFN3O2. The molecule has 122 valence electrons. The number of morpholine rings is 1. The van der Waals surface area contributed by atoms with Crippen molar-refractivity contribution in [3.8, 4) is 0 Å². The molecule has 1 fully saturated rings. The smallest absolute Gasteiger partial charge is 0.254 e. The second-order valence-electron chi connectivity index (χ2n) is 5.59. The van der Waals surface area contributed by atoms with Gasteiger partial charge in [0.05, 0.1) is 23.9 Å². The minimum absolute atomic E-state index is 0.0552. The highest BCUT2D eigenvalue weighted by Crippen LogP contribution is 2.24. The second-order valence-corrected chi connectivity index (χ2v) is 6.00. The van der Waals surface area contributed by atoms with E-state index in [0.717, 1.165) is 11.5 Å². The molecule has 1 atom stereocenters. The van der Waals surface area contributed by atoms with Crippen molar-refractivity contribution < 1.29 is 13.9 Å². The molecule has 1 aliphatic rings. The van der Waals surface area contributed by atoms with Crippen molar-refractivity contribution >= 4 is 17.5 Å². The number of carbonyl (C=O) groups is 1. The van der Waals surface area contributed by atoms with Gasteiger partial charge in [-0.15, -0.1) is 0 Å². The van der Waals surface area contributed by atoms with Gasteiger partial charge >= 0.3 is 0 Å². The van der Waals surface area contributed by atoms with Gasteiger partial charge in [0, 0.05) is 25.4 Å². The summed E-state index contributed by atoms with van der Waals surface area (Å²) < 4.78 is 20.9. The first-order valence-electron chi connectivity index (χ1n) is 7.31. The molecule has 7 heteroatoms. The number of hydrogen-bond acceptors (Lipinski definition) is 3. The third-order valence-electron chi connectivity index (χ3n) is 3.84. The Morgan fingerprint density at radius 1 is 1.48 bits per heavy atom. The molecule has 0 radical (unpaired) electrons. The van der Waals surface area contributed by atoms with Crippen molar-refractivity contribution in [3.05, 3.63) is 52.3 Å². The largest absolute Gasteiger partial charge is 0.367 e. The van der Waals surface area contributed by atoms with Gasteiger partial charge < -0.3 is 14.2 Å². The Bertz CT molecular complexity index is 747. The first kappa shape index (κ1) is 16.0. The minimum Gasteiger partial charge on any atom is -0.367 e. The predicted octanol–water partition coefficient (Wildman–Crippen LogP) is 2.73. The molecule has 0 N–H and O–H groups in total. The number of aromatic nitrogens is 2. The van der Waals surface area contributed by atoms with Crippen LogP contribution in [-0.4, -0.2) is 40.1 Å². The van der Waals surface area contributed by atoms with Crippen LogP contribution in [0.15, 0.2) is 24.4 Å². The van der Waals surface area contributed by atoms with E-state index in [1.165, 1.54) is 18.2 Å². The lowest BCUT2D eigenvalue weighted by Crippen LogP contribution is -2.42. The monoisotopic (exact) mass is 337 g/mol. The van der Waals surface area contributed by atoms with Crippen LogP contribution in [-0.2, 0) is 11.8 Å². The van der Waals surface area contributed by atoms with Crippen LogP contribution in [0.2, 0.25) is 5.02 Å². The van der Waals surface area contributed by atoms with E-state index in [4.69, 9.17) is 16.3 Å². The summed E-state index contributed by atoms with van der Waals surface area (Å²) in [6.07, 6.45) is 1.64. The van der Waals surface area contributed by atoms with Gasteiger partial charge in [0.15, 0.2) is 0 Å². The number of rotatable bonds is 2. The number of imidazole rings is 1. The molecule has 0 saturated carbocycles. The van der Waals surface area contributed by atoms with Crippen LogP contribution in [0.3, 0.4) is 0 Å². The van der Waals surface area contributed by atoms with Crippen LogP contribution in [0.1, 0.15) is 28.0 Å². The Hall–Kier alpha value is -1.92. The maximum absolute atomic E-state index is 13.2. The summed E-state index contributed by atoms with van der Waals surface area (Å²) in [5.74, 6) is 0.0647. The van der Waals surface area contributed by atoms with E-state index in [1.54, 1.807) is 4.90 Å². The lowest BCUT2D eigenvalue weighted by atomic mass is 10.1. The molecule has 0 bridgehead atoms. The molecule has 23 heavy (non-hydrogen) atoms. The van der Waals surface area contributed by atoms with Crippen molar-refractivity contribution in [2.45, 2.75) is 13.0 Å². The van der Waals surface area contributed by atoms with Gasteiger partial charge in [0.1, 0.15) is 17.7 Å². The molecule has 0 aliphatic carbocycles. The minimum atomic E-state index is -0.536. The summed E-state index contributed by atoms with van der Waals surface area (Å²) in [5.41, 5.74) is 1.27. The standard InChI is InChI=1S/C16H17ClFN3O2/c1-10-8-20(2)15(19-10)14-9-21(5-6-23-14)16(22)11-3-4-13(18)12(17)7-11/h3-4,7-8,14H,5-6,9H2,1-2H3. The van der Waals surface area contributed by atoms with Crippen molar-refractivity contribution in [2.24, 2.45) is 7.05 Å². The molecule has 2 heterocycles. The van der Waals surface area contributed by atoms with E-state index >= 15 is 0 Å². The average Bonchev–Trinajstić information content (AvgIpc) is 2.88. The molecule has 5 nitrogen and oxygen atoms in total. The van der Waals surface area contributed by atoms with Gasteiger partial charge in [-0.2, -0.15) is 0 Å². The van der Waals surface area contributed by atoms with Crippen molar-refractivity contribution in [2.75, 3.05) is 19.7 Å². The molecule has 1 saturated heterocycles. The Balaban J connectivity index is 1.79. The first-order chi connectivity index (χ1) is 11.0. The molecule has 1 aromatic carbocycles. The van der Waals surface area contributed by atoms with Crippen LogP contribution >= 0.6 is 11.6 Å². The van der Waals surface area contributed by atoms with Crippen LogP contribution in [0.25, 0.3) is 0 Å². The summed E-state index contributed by atoms with van der Waals surface area (Å²) in [6, 6.07) is 4.00. The van der Waals surface area contributed by atoms with Crippen LogP contribution in [0.5, 0.6) is 0 Å². The zero-order valence-corrected chi connectivity index (χ0v) is 13.7. The summed E-state index contributed by atoms with van der Waals surface area (Å²) >= 11 is 5.76. The second kappa shape index (κ2) is 6.29. The summed E-state index contributed by atoms with van der Waals surface area (Å²) in [7, 11) is 1.90. The Labute approximate surface area is 138 Å². The van der Waals surface area contributed by atoms with Crippen molar-refractivity contribution in [1.29, 1.82) is 0 Å². The molecule has 1 aliphatic heterocycles. The highest BCUT2D eigenvalue weighted by molar-refractivity contribution is 6.31. The van der Waals surface area contributed by atoms with Gasteiger partial charge in [-0.05, 0) is 25.1 Å². The highest BCUT2D eigenvalue weighted by atomic mass is 35.5. The van der Waals surface area contributed by atoms with E-state index in [9.17, 15) is 9.18 Å². The fourth-order valence-electron chi connectivity index (χ4n) is 2.74. The van der Waals surface area contributed by atoms with Crippen molar-refractivity contribution in [1.82, 2.24) is 14.5 Å². The molecule has 1 aromatic heterocycles. The molecule has 2 aromatic rings. The number of carbonyl (C=O) groups excluding carboxylic acids is 1. The normalized spacial score (nSPS) is 18.3. The maximum atomic E-state index is 13.2. The third kappa shape index (κ3) is 3.23. The van der Waals surface area contributed by atoms with E-state index in [0.29, 0.717) is 25.3 Å². The van der Waals surface area contributed by atoms with Crippen molar-refractivity contribution in [3.63, 3.8) is 0 Å². The number of nitrogens with zero attached hydrogens (tertiary/aromatic N) is 3. The number of halogens is 2. The first-order valence-corrected chi connectivity index (χ1v) is 7.69. The molecule has 1 amide bonds. The maximum Gasteiger partial charge on any atom is 0.254 e. The lowest BCUT2D eigenvalue weighted by molar-refractivity contribution is -0.0279. The van der Waals surface area contributed by atoms with E-state index in [2.05, 4.69) is 4.98 Å². The number of hydrogen-bond donors (Lipinski definition) is 0. The van der Waals surface area contributed by atoms with Gasteiger partial charge in [-0.25, -0.2) is 9.37 Å². The number of benzene rings is 1. The fourth-order valence-corrected chi connectivity index (χ4v) is 2.92. The summed E-state index contributed by atoms with van der Waals surface area (Å²) in [4.78, 5) is 18.7. The molecular weight excluding hydrogens is 321 g/mol. The van der Waals surface area contributed by atoms with Crippen LogP contribution in [0.4, 0.5) is 4.39 Å². The summed E-state index contributed by atoms with van der Waals surface area (Å²) in [6.45, 7) is 3.22. The fraction of sp³-hybridized carbons (Fsp3) is 0.375. The number of amides is 1. The van der Waals surface area contributed by atoms with Gasteiger partial charge in [-0.3, -0.25) is 4.79 Å². The quantitative estimate of drug-likeness (QED) is 0.846. The third-order valence-corrected chi connectivity index (χ3v) is 4.13. The Morgan fingerprint density at radius 2 is 2.26 bits per heavy atom. The predicted molar refractivity (Wildman–Crippen MR) is 84.0 cm³/mol. The zero-order valence-electron chi connectivity index (χ0n) is 12.9. The van der Waals surface area contributed by atoms with Crippen LogP contribution in [0, 0.1) is 12.7 Å². The summed E-state index contributed by atoms with van der Waals surface area (Å²) in [5, 5.41) is -0.0552. The molecule has 0 spiro atoms. The zero-order chi connectivity index (χ0) is 16.6. The highest BCUT2D eigenvalue weighted by Gasteiger charge is 2.28. The van der Waals surface area contributed by atoms with E-state index < -0.39 is 5.82 Å². The van der Waals surface area contributed by atoms with Gasteiger partial charge in [0.2, 0.25) is 0 Å². The molecule has 1 unspecified atom stereocenters. The topological polar surface area (TPSA) is 47.4 Å². The van der Waals surface area contributed by atoms with Crippen LogP contribution < -0.4 is 0 Å². The van der Waals surface area contributed by atoms with E-state index in [1.807, 2.05) is 24.7 Å². The lowest BCUT2D eigenvalue weighted by Gasteiger charge is -2.32.